The topological polar surface area (TPSA) is 41.8 Å². The normalized spacial score (nSPS) is 41.1. The van der Waals surface area contributed by atoms with Crippen LogP contribution in [-0.2, 0) is 25.2 Å². The van der Waals surface area contributed by atoms with Gasteiger partial charge in [0.15, 0.2) is 0 Å². The van der Waals surface area contributed by atoms with Crippen LogP contribution in [0.1, 0.15) is 6.42 Å². The number of methoxy groups -OCH3 is 1. The van der Waals surface area contributed by atoms with Crippen LogP contribution in [0.3, 0.4) is 0 Å². The molecule has 1 radical (unpaired) electrons. The molecule has 0 saturated heterocycles. The molecule has 4 heteroatoms. The maximum atomic E-state index is 9.11. The van der Waals surface area contributed by atoms with Gasteiger partial charge in [0, 0.05) is 33.5 Å². The number of hydrogen-bond acceptors (Lipinski definition) is 3. The Balaban J connectivity index is 0.000000963. The molecule has 2 unspecified atom stereocenters. The first kappa shape index (κ1) is 12.0. The van der Waals surface area contributed by atoms with Gasteiger partial charge in [-0.2, -0.15) is 0 Å². The van der Waals surface area contributed by atoms with Crippen LogP contribution in [0.25, 0.3) is 0 Å². The molecule has 0 heterocycles. The minimum atomic E-state index is 0. The number of oxime groups is 1. The molecule has 16 heavy (non-hydrogen) atoms. The average Bonchev–Trinajstić information content (AvgIpc) is 2.86. The summed E-state index contributed by atoms with van der Waals surface area (Å²) in [5, 5.41) is 12.6. The van der Waals surface area contributed by atoms with Gasteiger partial charge in [-0.25, -0.2) is 0 Å². The molecule has 0 amide bonds. The molecule has 3 aliphatic carbocycles. The van der Waals surface area contributed by atoms with Crippen molar-refractivity contribution in [1.82, 2.24) is 0 Å². The summed E-state index contributed by atoms with van der Waals surface area (Å²) in [6, 6.07) is 0. The van der Waals surface area contributed by atoms with E-state index in [-0.39, 0.29) is 20.4 Å². The fourth-order valence-corrected chi connectivity index (χ4v) is 3.41. The van der Waals surface area contributed by atoms with Crippen LogP contribution < -0.4 is 0 Å². The number of hydrogen-bond donors (Lipinski definition) is 1. The van der Waals surface area contributed by atoms with Gasteiger partial charge in [0.05, 0.1) is 12.3 Å². The Labute approximate surface area is 109 Å². The molecule has 1 N–H and O–H groups in total. The minimum absolute atomic E-state index is 0. The van der Waals surface area contributed by atoms with Crippen molar-refractivity contribution in [3.8, 4) is 0 Å². The summed E-state index contributed by atoms with van der Waals surface area (Å²) >= 11 is 0. The Hall–Kier alpha value is -0.428. The van der Waals surface area contributed by atoms with Crippen molar-refractivity contribution in [3.63, 3.8) is 0 Å². The SMILES string of the molecule is COCC1=C[C@@H]2C3C=CC(C3)[C@@H]2/C1=N/O.[Re]. The second kappa shape index (κ2) is 4.45. The first-order valence-electron chi connectivity index (χ1n) is 5.45. The van der Waals surface area contributed by atoms with E-state index in [1.165, 1.54) is 6.42 Å². The third-order valence-electron chi connectivity index (χ3n) is 3.97. The summed E-state index contributed by atoms with van der Waals surface area (Å²) in [5.74, 6) is 2.20. The van der Waals surface area contributed by atoms with Crippen LogP contribution in [0, 0.1) is 23.7 Å². The number of rotatable bonds is 2. The van der Waals surface area contributed by atoms with Crippen molar-refractivity contribution in [2.75, 3.05) is 13.7 Å². The number of fused-ring (bicyclic) bond motifs is 5. The molecule has 3 nitrogen and oxygen atoms in total. The number of ether oxygens (including phenoxy) is 1. The first-order chi connectivity index (χ1) is 7.35. The van der Waals surface area contributed by atoms with E-state index in [1.54, 1.807) is 7.11 Å². The second-order valence-electron chi connectivity index (χ2n) is 4.66. The molecule has 0 aromatic rings. The fraction of sp³-hybridized carbons (Fsp3) is 0.583. The summed E-state index contributed by atoms with van der Waals surface area (Å²) in [5.41, 5.74) is 1.94. The summed E-state index contributed by atoms with van der Waals surface area (Å²) in [4.78, 5) is 0. The molecule has 1 fully saturated rings. The van der Waals surface area contributed by atoms with Crippen LogP contribution in [0.2, 0.25) is 0 Å². The van der Waals surface area contributed by atoms with E-state index < -0.39 is 0 Å². The van der Waals surface area contributed by atoms with Gasteiger partial charge >= 0.3 is 0 Å². The van der Waals surface area contributed by atoms with Crippen molar-refractivity contribution < 1.29 is 30.4 Å². The zero-order chi connectivity index (χ0) is 10.4. The Morgan fingerprint density at radius 1 is 1.44 bits per heavy atom. The zero-order valence-electron chi connectivity index (χ0n) is 9.14. The van der Waals surface area contributed by atoms with E-state index >= 15 is 0 Å². The minimum Gasteiger partial charge on any atom is -0.411 e. The standard InChI is InChI=1S/C12H15NO2.Re/c1-15-6-9-5-10-7-2-3-8(4-7)11(10)12(9)13-14;/h2-3,5,7-8,10-11,14H,4,6H2,1H3;/b13-12+;/t7?,8?,10-,11+;/m1./s1. The molecule has 2 bridgehead atoms. The third kappa shape index (κ3) is 1.52. The Morgan fingerprint density at radius 2 is 2.19 bits per heavy atom. The smallest absolute Gasteiger partial charge is 0.0890 e. The Bertz CT molecular complexity index is 375. The van der Waals surface area contributed by atoms with Gasteiger partial charge in [-0.3, -0.25) is 0 Å². The quantitative estimate of drug-likeness (QED) is 0.443. The Morgan fingerprint density at radius 3 is 2.88 bits per heavy atom. The Kier molecular flexibility index (Phi) is 3.35. The zero-order valence-corrected chi connectivity index (χ0v) is 11.9. The van der Waals surface area contributed by atoms with Gasteiger partial charge in [0.25, 0.3) is 0 Å². The van der Waals surface area contributed by atoms with Crippen molar-refractivity contribution in [1.29, 1.82) is 0 Å². The van der Waals surface area contributed by atoms with Crippen LogP contribution in [0.5, 0.6) is 0 Å². The molecular weight excluding hydrogens is 376 g/mol. The molecule has 0 aromatic heterocycles. The molecular formula is C12H15NO2Re. The number of nitrogens with zero attached hydrogens (tertiary/aromatic N) is 1. The average molecular weight is 391 g/mol. The molecule has 3 aliphatic rings. The first-order valence-corrected chi connectivity index (χ1v) is 5.45. The van der Waals surface area contributed by atoms with Gasteiger partial charge in [-0.15, -0.1) is 0 Å². The molecule has 0 aliphatic heterocycles. The summed E-state index contributed by atoms with van der Waals surface area (Å²) in [6.45, 7) is 0.561. The van der Waals surface area contributed by atoms with Crippen LogP contribution in [0.15, 0.2) is 29.0 Å². The second-order valence-corrected chi connectivity index (χ2v) is 4.66. The third-order valence-corrected chi connectivity index (χ3v) is 3.97. The molecule has 0 spiro atoms. The van der Waals surface area contributed by atoms with Crippen molar-refractivity contribution in [3.05, 3.63) is 23.8 Å². The fourth-order valence-electron chi connectivity index (χ4n) is 3.41. The van der Waals surface area contributed by atoms with E-state index in [4.69, 9.17) is 9.94 Å². The summed E-state index contributed by atoms with van der Waals surface area (Å²) in [7, 11) is 1.68. The predicted octanol–water partition coefficient (Wildman–Crippen LogP) is 1.84. The maximum absolute atomic E-state index is 9.11. The van der Waals surface area contributed by atoms with Gasteiger partial charge in [0.1, 0.15) is 0 Å². The van der Waals surface area contributed by atoms with E-state index in [1.807, 2.05) is 0 Å². The van der Waals surface area contributed by atoms with Gasteiger partial charge in [-0.1, -0.05) is 23.4 Å². The van der Waals surface area contributed by atoms with Crippen LogP contribution in [-0.4, -0.2) is 24.6 Å². The van der Waals surface area contributed by atoms with Crippen molar-refractivity contribution in [2.24, 2.45) is 28.8 Å². The maximum Gasteiger partial charge on any atom is 0.0890 e. The van der Waals surface area contributed by atoms with Gasteiger partial charge < -0.3 is 9.94 Å². The monoisotopic (exact) mass is 392 g/mol. The van der Waals surface area contributed by atoms with Crippen LogP contribution in [0.4, 0.5) is 0 Å². The summed E-state index contributed by atoms with van der Waals surface area (Å²) in [6.07, 6.45) is 8.07. The van der Waals surface area contributed by atoms with Gasteiger partial charge in [0.2, 0.25) is 0 Å². The number of allylic oxidation sites excluding steroid dienone is 3. The molecule has 4 atom stereocenters. The molecule has 0 aromatic carbocycles. The summed E-state index contributed by atoms with van der Waals surface area (Å²) < 4.78 is 5.13. The van der Waals surface area contributed by atoms with Crippen molar-refractivity contribution >= 4 is 5.71 Å². The predicted molar refractivity (Wildman–Crippen MR) is 56.9 cm³/mol. The molecule has 1 saturated carbocycles. The molecule has 87 valence electrons. The van der Waals surface area contributed by atoms with Crippen molar-refractivity contribution in [2.45, 2.75) is 6.42 Å². The van der Waals surface area contributed by atoms with E-state index in [0.29, 0.717) is 30.3 Å². The van der Waals surface area contributed by atoms with E-state index in [9.17, 15) is 0 Å². The molecule has 3 rings (SSSR count). The largest absolute Gasteiger partial charge is 0.411 e. The van der Waals surface area contributed by atoms with E-state index in [0.717, 1.165) is 11.3 Å². The van der Waals surface area contributed by atoms with E-state index in [2.05, 4.69) is 23.4 Å². The van der Waals surface area contributed by atoms with Gasteiger partial charge in [-0.05, 0) is 29.7 Å². The van der Waals surface area contributed by atoms with Crippen LogP contribution >= 0.6 is 0 Å².